The Morgan fingerprint density at radius 2 is 1.96 bits per heavy atom. The fourth-order valence-corrected chi connectivity index (χ4v) is 2.99. The predicted octanol–water partition coefficient (Wildman–Crippen LogP) is 2.20. The lowest BCUT2D eigenvalue weighted by Crippen LogP contribution is -2.04. The molecule has 0 spiro atoms. The molecule has 4 aromatic heterocycles. The van der Waals surface area contributed by atoms with Gasteiger partial charge in [0.05, 0.1) is 0 Å². The summed E-state index contributed by atoms with van der Waals surface area (Å²) in [6.45, 7) is 2.19. The second kappa shape index (κ2) is 6.41. The SMILES string of the molecule is CCc1cc(-c2nnc3c4ccccc4c(OCc4ncn(C)n4)nn23)no1. The van der Waals surface area contributed by atoms with Gasteiger partial charge in [-0.1, -0.05) is 30.3 Å². The Balaban J connectivity index is 1.64. The number of ether oxygens (including phenoxy) is 1. The van der Waals surface area contributed by atoms with Crippen molar-refractivity contribution in [2.45, 2.75) is 20.0 Å². The number of hydrogen-bond donors (Lipinski definition) is 0. The highest BCUT2D eigenvalue weighted by atomic mass is 16.5. The molecule has 0 amide bonds. The van der Waals surface area contributed by atoms with Gasteiger partial charge in [-0.3, -0.25) is 4.68 Å². The summed E-state index contributed by atoms with van der Waals surface area (Å²) in [5.74, 6) is 2.27. The third-order valence-corrected chi connectivity index (χ3v) is 4.35. The van der Waals surface area contributed by atoms with Crippen LogP contribution in [0.5, 0.6) is 5.88 Å². The van der Waals surface area contributed by atoms with E-state index >= 15 is 0 Å². The standard InChI is InChI=1S/C18H16N8O2/c1-3-11-8-14(24-28-11)17-21-20-16-12-6-4-5-7-13(12)18(23-26(16)17)27-9-15-19-10-25(2)22-15/h4-8,10H,3,9H2,1-2H3. The summed E-state index contributed by atoms with van der Waals surface area (Å²) in [5.41, 5.74) is 1.19. The highest BCUT2D eigenvalue weighted by Gasteiger charge is 2.18. The van der Waals surface area contributed by atoms with E-state index in [0.717, 1.165) is 23.0 Å². The molecule has 0 fully saturated rings. The molecule has 4 heterocycles. The van der Waals surface area contributed by atoms with E-state index in [0.29, 0.717) is 28.9 Å². The number of benzene rings is 1. The number of hydrogen-bond acceptors (Lipinski definition) is 8. The summed E-state index contributed by atoms with van der Waals surface area (Å²) >= 11 is 0. The van der Waals surface area contributed by atoms with Gasteiger partial charge in [-0.15, -0.1) is 15.3 Å². The summed E-state index contributed by atoms with van der Waals surface area (Å²) in [6, 6.07) is 9.59. The maximum absolute atomic E-state index is 5.94. The van der Waals surface area contributed by atoms with Gasteiger partial charge in [0.2, 0.25) is 11.7 Å². The van der Waals surface area contributed by atoms with Crippen molar-refractivity contribution in [2.24, 2.45) is 7.05 Å². The summed E-state index contributed by atoms with van der Waals surface area (Å²) < 4.78 is 14.5. The predicted molar refractivity (Wildman–Crippen MR) is 98.5 cm³/mol. The summed E-state index contributed by atoms with van der Waals surface area (Å²) in [5, 5.41) is 23.2. The van der Waals surface area contributed by atoms with Crippen LogP contribution in [0.1, 0.15) is 18.5 Å². The smallest absolute Gasteiger partial charge is 0.240 e. The molecular weight excluding hydrogens is 360 g/mol. The van der Waals surface area contributed by atoms with E-state index in [-0.39, 0.29) is 6.61 Å². The maximum Gasteiger partial charge on any atom is 0.240 e. The van der Waals surface area contributed by atoms with Crippen molar-refractivity contribution in [1.82, 2.24) is 39.7 Å². The molecule has 0 atom stereocenters. The topological polar surface area (TPSA) is 109 Å². The number of nitrogens with zero attached hydrogens (tertiary/aromatic N) is 8. The average molecular weight is 376 g/mol. The van der Waals surface area contributed by atoms with Crippen molar-refractivity contribution < 1.29 is 9.26 Å². The molecule has 0 bridgehead atoms. The molecule has 5 aromatic rings. The molecule has 0 N–H and O–H groups in total. The highest BCUT2D eigenvalue weighted by Crippen LogP contribution is 2.29. The quantitative estimate of drug-likeness (QED) is 0.459. The van der Waals surface area contributed by atoms with Gasteiger partial charge in [0.15, 0.2) is 23.8 Å². The van der Waals surface area contributed by atoms with E-state index in [4.69, 9.17) is 9.26 Å². The molecular formula is C18H16N8O2. The molecule has 0 saturated heterocycles. The molecule has 1 aromatic carbocycles. The van der Waals surface area contributed by atoms with Crippen molar-refractivity contribution in [3.63, 3.8) is 0 Å². The zero-order valence-electron chi connectivity index (χ0n) is 15.3. The second-order valence-electron chi connectivity index (χ2n) is 6.26. The highest BCUT2D eigenvalue weighted by molar-refractivity contribution is 5.96. The number of fused-ring (bicyclic) bond motifs is 3. The van der Waals surface area contributed by atoms with E-state index in [9.17, 15) is 0 Å². The first-order valence-electron chi connectivity index (χ1n) is 8.80. The Hall–Kier alpha value is -3.82. The molecule has 0 aliphatic heterocycles. The second-order valence-corrected chi connectivity index (χ2v) is 6.26. The summed E-state index contributed by atoms with van der Waals surface area (Å²) in [4.78, 5) is 4.19. The van der Waals surface area contributed by atoms with Gasteiger partial charge in [-0.25, -0.2) is 4.98 Å². The molecule has 28 heavy (non-hydrogen) atoms. The van der Waals surface area contributed by atoms with Gasteiger partial charge in [0.1, 0.15) is 12.1 Å². The van der Waals surface area contributed by atoms with Crippen LogP contribution in [0.4, 0.5) is 0 Å². The van der Waals surface area contributed by atoms with Gasteiger partial charge in [0.25, 0.3) is 0 Å². The molecule has 10 nitrogen and oxygen atoms in total. The molecule has 0 aliphatic carbocycles. The Labute approximate surface area is 158 Å². The lowest BCUT2D eigenvalue weighted by atomic mass is 10.2. The van der Waals surface area contributed by atoms with Crippen LogP contribution in [-0.2, 0) is 20.1 Å². The van der Waals surface area contributed by atoms with Gasteiger partial charge < -0.3 is 9.26 Å². The summed E-state index contributed by atoms with van der Waals surface area (Å²) in [6.07, 6.45) is 2.37. The third-order valence-electron chi connectivity index (χ3n) is 4.35. The van der Waals surface area contributed by atoms with Gasteiger partial charge in [0, 0.05) is 30.3 Å². The fourth-order valence-electron chi connectivity index (χ4n) is 2.99. The average Bonchev–Trinajstić information content (AvgIpc) is 3.45. The zero-order valence-corrected chi connectivity index (χ0v) is 15.3. The lowest BCUT2D eigenvalue weighted by Gasteiger charge is -2.08. The molecule has 0 aliphatic rings. The number of rotatable bonds is 5. The van der Waals surface area contributed by atoms with Gasteiger partial charge in [-0.2, -0.15) is 9.61 Å². The Morgan fingerprint density at radius 3 is 2.71 bits per heavy atom. The van der Waals surface area contributed by atoms with Crippen molar-refractivity contribution >= 4 is 16.4 Å². The van der Waals surface area contributed by atoms with E-state index in [1.54, 1.807) is 15.5 Å². The first kappa shape index (κ1) is 16.4. The van der Waals surface area contributed by atoms with Crippen molar-refractivity contribution in [3.05, 3.63) is 48.2 Å². The van der Waals surface area contributed by atoms with Crippen LogP contribution < -0.4 is 4.74 Å². The van der Waals surface area contributed by atoms with E-state index in [1.807, 2.05) is 44.3 Å². The zero-order chi connectivity index (χ0) is 19.1. The fraction of sp³-hybridized carbons (Fsp3) is 0.222. The minimum absolute atomic E-state index is 0.199. The van der Waals surface area contributed by atoms with Crippen LogP contribution in [0.3, 0.4) is 0 Å². The Morgan fingerprint density at radius 1 is 1.11 bits per heavy atom. The molecule has 5 rings (SSSR count). The Bertz CT molecular complexity index is 1290. The maximum atomic E-state index is 5.94. The van der Waals surface area contributed by atoms with Gasteiger partial charge >= 0.3 is 0 Å². The van der Waals surface area contributed by atoms with Crippen LogP contribution >= 0.6 is 0 Å². The normalized spacial score (nSPS) is 11.5. The van der Waals surface area contributed by atoms with Crippen LogP contribution in [0, 0.1) is 0 Å². The lowest BCUT2D eigenvalue weighted by molar-refractivity contribution is 0.283. The number of aromatic nitrogens is 8. The Kier molecular flexibility index (Phi) is 3.75. The van der Waals surface area contributed by atoms with Crippen LogP contribution in [0.2, 0.25) is 0 Å². The minimum atomic E-state index is 0.199. The van der Waals surface area contributed by atoms with E-state index in [2.05, 4.69) is 30.5 Å². The third kappa shape index (κ3) is 2.66. The van der Waals surface area contributed by atoms with E-state index < -0.39 is 0 Å². The molecule has 140 valence electrons. The van der Waals surface area contributed by atoms with Crippen molar-refractivity contribution in [2.75, 3.05) is 0 Å². The largest absolute Gasteiger partial charge is 0.468 e. The van der Waals surface area contributed by atoms with Gasteiger partial charge in [-0.05, 0) is 6.07 Å². The van der Waals surface area contributed by atoms with Crippen molar-refractivity contribution in [1.29, 1.82) is 0 Å². The van der Waals surface area contributed by atoms with Crippen LogP contribution in [0.25, 0.3) is 27.9 Å². The molecule has 0 radical (unpaired) electrons. The van der Waals surface area contributed by atoms with Crippen LogP contribution in [-0.4, -0.2) is 39.7 Å². The first-order chi connectivity index (χ1) is 13.7. The molecule has 0 saturated carbocycles. The van der Waals surface area contributed by atoms with E-state index in [1.165, 1.54) is 0 Å². The van der Waals surface area contributed by atoms with Crippen molar-refractivity contribution in [3.8, 4) is 17.4 Å². The minimum Gasteiger partial charge on any atom is -0.468 e. The van der Waals surface area contributed by atoms with Crippen LogP contribution in [0.15, 0.2) is 41.2 Å². The monoisotopic (exact) mass is 376 g/mol. The number of aryl methyl sites for hydroxylation is 2. The molecule has 10 heteroatoms. The molecule has 0 unspecified atom stereocenters. The summed E-state index contributed by atoms with van der Waals surface area (Å²) in [7, 11) is 1.81. The first-order valence-corrected chi connectivity index (χ1v) is 8.80.